The molecule has 116 valence electrons. The van der Waals surface area contributed by atoms with Gasteiger partial charge < -0.3 is 0 Å². The zero-order chi connectivity index (χ0) is 16.2. The lowest BCUT2D eigenvalue weighted by Crippen LogP contribution is -2.03. The van der Waals surface area contributed by atoms with E-state index in [-0.39, 0.29) is 6.04 Å². The van der Waals surface area contributed by atoms with Gasteiger partial charge in [0.05, 0.1) is 23.1 Å². The van der Waals surface area contributed by atoms with Crippen molar-refractivity contribution in [2.45, 2.75) is 12.5 Å². The quantitative estimate of drug-likeness (QED) is 0.691. The van der Waals surface area contributed by atoms with Gasteiger partial charge in [0, 0.05) is 12.4 Å². The molecule has 1 atom stereocenters. The Bertz CT molecular complexity index is 826. The summed E-state index contributed by atoms with van der Waals surface area (Å²) in [6.07, 6.45) is 8.65. The molecule has 1 aromatic carbocycles. The molecule has 3 aromatic rings. The van der Waals surface area contributed by atoms with E-state index in [9.17, 15) is 0 Å². The Morgan fingerprint density at radius 2 is 1.71 bits per heavy atom. The second kappa shape index (κ2) is 6.59. The van der Waals surface area contributed by atoms with Gasteiger partial charge >= 0.3 is 0 Å². The van der Waals surface area contributed by atoms with Crippen LogP contribution in [0.1, 0.15) is 18.2 Å². The van der Waals surface area contributed by atoms with E-state index in [0.29, 0.717) is 0 Å². The highest BCUT2D eigenvalue weighted by atomic mass is 14.9. The molecule has 0 saturated carbocycles. The summed E-state index contributed by atoms with van der Waals surface area (Å²) < 4.78 is 0. The van der Waals surface area contributed by atoms with Crippen LogP contribution >= 0.6 is 0 Å². The molecule has 3 heterocycles. The fourth-order valence-corrected chi connectivity index (χ4v) is 2.85. The number of hydrogen-bond acceptors (Lipinski definition) is 3. The summed E-state index contributed by atoms with van der Waals surface area (Å²) in [6, 6.07) is 20.6. The largest absolute Gasteiger partial charge is 0.283 e. The maximum atomic E-state index is 4.84. The molecule has 1 aliphatic rings. The number of aromatic nitrogens is 2. The third-order valence-electron chi connectivity index (χ3n) is 4.07. The van der Waals surface area contributed by atoms with Crippen molar-refractivity contribution in [1.82, 2.24) is 9.97 Å². The highest BCUT2D eigenvalue weighted by Gasteiger charge is 2.15. The highest BCUT2D eigenvalue weighted by Crippen LogP contribution is 2.30. The molecule has 1 aliphatic heterocycles. The lowest BCUT2D eigenvalue weighted by atomic mass is 10.00. The van der Waals surface area contributed by atoms with Gasteiger partial charge in [0.25, 0.3) is 0 Å². The predicted molar refractivity (Wildman–Crippen MR) is 97.9 cm³/mol. The van der Waals surface area contributed by atoms with Crippen molar-refractivity contribution in [3.63, 3.8) is 0 Å². The van der Waals surface area contributed by atoms with Crippen LogP contribution in [0.2, 0.25) is 0 Å². The first-order chi connectivity index (χ1) is 11.9. The Kier molecular flexibility index (Phi) is 3.98. The molecule has 4 rings (SSSR count). The third kappa shape index (κ3) is 3.01. The van der Waals surface area contributed by atoms with Gasteiger partial charge in [-0.05, 0) is 47.9 Å². The third-order valence-corrected chi connectivity index (χ3v) is 4.07. The Morgan fingerprint density at radius 3 is 2.46 bits per heavy atom. The van der Waals surface area contributed by atoms with Crippen LogP contribution in [0.25, 0.3) is 22.5 Å². The second-order valence-electron chi connectivity index (χ2n) is 5.72. The molecule has 1 unspecified atom stereocenters. The molecule has 2 aromatic heterocycles. The minimum absolute atomic E-state index is 0.0705. The van der Waals surface area contributed by atoms with Gasteiger partial charge in [0.2, 0.25) is 0 Å². The fourth-order valence-electron chi connectivity index (χ4n) is 2.85. The smallest absolute Gasteiger partial charge is 0.0954 e. The number of nitrogens with zero attached hydrogens (tertiary/aromatic N) is 3. The van der Waals surface area contributed by atoms with Gasteiger partial charge in [0.1, 0.15) is 0 Å². The number of rotatable bonds is 3. The van der Waals surface area contributed by atoms with E-state index in [1.165, 1.54) is 5.56 Å². The SMILES string of the molecule is C1=CCC(c2cc(-c3ccccc3)cc(-c3ccccn3)n2)N=C1. The summed E-state index contributed by atoms with van der Waals surface area (Å²) >= 11 is 0. The zero-order valence-electron chi connectivity index (χ0n) is 13.2. The van der Waals surface area contributed by atoms with Crippen molar-refractivity contribution in [3.05, 3.63) is 84.7 Å². The summed E-state index contributed by atoms with van der Waals surface area (Å²) in [5.41, 5.74) is 5.07. The van der Waals surface area contributed by atoms with Gasteiger partial charge in [-0.1, -0.05) is 42.5 Å². The molecule has 0 saturated heterocycles. The van der Waals surface area contributed by atoms with E-state index in [1.54, 1.807) is 6.20 Å². The number of dihydropyridines is 1. The average molecular weight is 311 g/mol. The molecule has 24 heavy (non-hydrogen) atoms. The van der Waals surface area contributed by atoms with Crippen LogP contribution in [0.15, 0.2) is 84.0 Å². The fraction of sp³-hybridized carbons (Fsp3) is 0.0952. The lowest BCUT2D eigenvalue weighted by molar-refractivity contribution is 0.714. The van der Waals surface area contributed by atoms with Crippen molar-refractivity contribution in [2.24, 2.45) is 4.99 Å². The Balaban J connectivity index is 1.85. The van der Waals surface area contributed by atoms with E-state index in [0.717, 1.165) is 29.1 Å². The molecule has 0 aliphatic carbocycles. The Hall–Kier alpha value is -3.07. The first-order valence-electron chi connectivity index (χ1n) is 8.07. The normalized spacial score (nSPS) is 16.2. The zero-order valence-corrected chi connectivity index (χ0v) is 13.2. The summed E-state index contributed by atoms with van der Waals surface area (Å²) in [6.45, 7) is 0. The van der Waals surface area contributed by atoms with E-state index >= 15 is 0 Å². The van der Waals surface area contributed by atoms with E-state index in [1.807, 2.05) is 36.6 Å². The average Bonchev–Trinajstić information content (AvgIpc) is 2.70. The van der Waals surface area contributed by atoms with Crippen LogP contribution < -0.4 is 0 Å². The first kappa shape index (κ1) is 14.5. The van der Waals surface area contributed by atoms with E-state index in [4.69, 9.17) is 4.98 Å². The maximum absolute atomic E-state index is 4.84. The number of hydrogen-bond donors (Lipinski definition) is 0. The maximum Gasteiger partial charge on any atom is 0.0954 e. The highest BCUT2D eigenvalue weighted by molar-refractivity contribution is 5.73. The molecule has 0 N–H and O–H groups in total. The minimum atomic E-state index is 0.0705. The number of pyridine rings is 2. The van der Waals surface area contributed by atoms with Crippen molar-refractivity contribution in [2.75, 3.05) is 0 Å². The number of benzene rings is 1. The van der Waals surface area contributed by atoms with Crippen LogP contribution in [0.3, 0.4) is 0 Å². The van der Waals surface area contributed by atoms with E-state index in [2.05, 4.69) is 52.5 Å². The van der Waals surface area contributed by atoms with E-state index < -0.39 is 0 Å². The summed E-state index contributed by atoms with van der Waals surface area (Å²) in [7, 11) is 0. The summed E-state index contributed by atoms with van der Waals surface area (Å²) in [4.78, 5) is 13.9. The van der Waals surface area contributed by atoms with Crippen LogP contribution in [-0.2, 0) is 0 Å². The van der Waals surface area contributed by atoms with Gasteiger partial charge in [-0.15, -0.1) is 0 Å². The molecular weight excluding hydrogens is 294 g/mol. The molecule has 0 amide bonds. The Labute approximate surface area is 141 Å². The molecule has 0 fully saturated rings. The first-order valence-corrected chi connectivity index (χ1v) is 8.07. The monoisotopic (exact) mass is 311 g/mol. The molecule has 0 bridgehead atoms. The van der Waals surface area contributed by atoms with Gasteiger partial charge in [0.15, 0.2) is 0 Å². The van der Waals surface area contributed by atoms with Crippen molar-refractivity contribution in [1.29, 1.82) is 0 Å². The van der Waals surface area contributed by atoms with Crippen molar-refractivity contribution >= 4 is 6.21 Å². The van der Waals surface area contributed by atoms with Gasteiger partial charge in [-0.3, -0.25) is 9.98 Å². The molecule has 3 heteroatoms. The van der Waals surface area contributed by atoms with Gasteiger partial charge in [-0.2, -0.15) is 0 Å². The topological polar surface area (TPSA) is 38.1 Å². The van der Waals surface area contributed by atoms with Crippen LogP contribution in [0, 0.1) is 0 Å². The summed E-state index contributed by atoms with van der Waals surface area (Å²) in [5, 5.41) is 0. The van der Waals surface area contributed by atoms with Gasteiger partial charge in [-0.25, -0.2) is 4.98 Å². The molecule has 0 radical (unpaired) electrons. The van der Waals surface area contributed by atoms with Crippen molar-refractivity contribution in [3.8, 4) is 22.5 Å². The molecule has 0 spiro atoms. The van der Waals surface area contributed by atoms with Crippen LogP contribution in [0.4, 0.5) is 0 Å². The second-order valence-corrected chi connectivity index (χ2v) is 5.72. The van der Waals surface area contributed by atoms with Crippen molar-refractivity contribution < 1.29 is 0 Å². The Morgan fingerprint density at radius 1 is 0.833 bits per heavy atom. The number of aliphatic imine (C=N–C) groups is 1. The molecular formula is C21H17N3. The number of allylic oxidation sites excluding steroid dienone is 1. The lowest BCUT2D eigenvalue weighted by Gasteiger charge is -2.15. The predicted octanol–water partition coefficient (Wildman–Crippen LogP) is 4.88. The van der Waals surface area contributed by atoms with Crippen LogP contribution in [-0.4, -0.2) is 16.2 Å². The molecule has 3 nitrogen and oxygen atoms in total. The van der Waals surface area contributed by atoms with Crippen LogP contribution in [0.5, 0.6) is 0 Å². The minimum Gasteiger partial charge on any atom is -0.283 e. The standard InChI is InChI=1S/C21H17N3/c1-2-8-16(9-3-1)17-14-20(18-10-4-6-12-22-18)24-21(15-17)19-11-5-7-13-23-19/h1-10,12-15,19H,11H2. The summed E-state index contributed by atoms with van der Waals surface area (Å²) in [5.74, 6) is 0.